The van der Waals surface area contributed by atoms with Gasteiger partial charge in [0, 0.05) is 35.4 Å². The molecule has 0 fully saturated rings. The molecule has 0 saturated carbocycles. The number of halogens is 2. The highest BCUT2D eigenvalue weighted by Gasteiger charge is 2.08. The summed E-state index contributed by atoms with van der Waals surface area (Å²) in [7, 11) is 1.58. The Morgan fingerprint density at radius 3 is 2.75 bits per heavy atom. The molecule has 0 aliphatic rings. The summed E-state index contributed by atoms with van der Waals surface area (Å²) in [6, 6.07) is 6.94. The molecule has 4 nitrogen and oxygen atoms in total. The molecule has 2 aromatic rings. The van der Waals surface area contributed by atoms with Gasteiger partial charge in [-0.2, -0.15) is 0 Å². The SMILES string of the molecule is COc1ncccc1CNCc1cc(Cl)cc(Cl)c1O. The Hall–Kier alpha value is -1.49. The van der Waals surface area contributed by atoms with E-state index in [0.29, 0.717) is 29.6 Å². The van der Waals surface area contributed by atoms with Gasteiger partial charge >= 0.3 is 0 Å². The minimum Gasteiger partial charge on any atom is -0.506 e. The van der Waals surface area contributed by atoms with E-state index in [1.165, 1.54) is 6.07 Å². The molecule has 20 heavy (non-hydrogen) atoms. The topological polar surface area (TPSA) is 54.4 Å². The molecule has 0 bridgehead atoms. The number of rotatable bonds is 5. The van der Waals surface area contributed by atoms with Gasteiger partial charge in [-0.3, -0.25) is 0 Å². The van der Waals surface area contributed by atoms with Gasteiger partial charge in [0.05, 0.1) is 12.1 Å². The number of pyridine rings is 1. The van der Waals surface area contributed by atoms with Gasteiger partial charge in [0.2, 0.25) is 5.88 Å². The maximum absolute atomic E-state index is 9.85. The number of hydrogen-bond donors (Lipinski definition) is 2. The number of nitrogens with one attached hydrogen (secondary N) is 1. The zero-order valence-electron chi connectivity index (χ0n) is 10.9. The van der Waals surface area contributed by atoms with Crippen molar-refractivity contribution in [3.05, 3.63) is 51.6 Å². The number of benzene rings is 1. The number of aromatic hydroxyl groups is 1. The molecule has 0 aliphatic heterocycles. The molecule has 0 unspecified atom stereocenters. The van der Waals surface area contributed by atoms with Gasteiger partial charge in [-0.1, -0.05) is 29.3 Å². The molecule has 6 heteroatoms. The van der Waals surface area contributed by atoms with Gasteiger partial charge in [0.25, 0.3) is 0 Å². The van der Waals surface area contributed by atoms with E-state index in [1.807, 2.05) is 12.1 Å². The fraction of sp³-hybridized carbons (Fsp3) is 0.214. The molecule has 0 saturated heterocycles. The second-order valence-electron chi connectivity index (χ2n) is 4.17. The van der Waals surface area contributed by atoms with Crippen LogP contribution in [0.3, 0.4) is 0 Å². The fourth-order valence-electron chi connectivity index (χ4n) is 1.83. The largest absolute Gasteiger partial charge is 0.506 e. The van der Waals surface area contributed by atoms with E-state index in [-0.39, 0.29) is 10.8 Å². The second-order valence-corrected chi connectivity index (χ2v) is 5.01. The van der Waals surface area contributed by atoms with Crippen molar-refractivity contribution < 1.29 is 9.84 Å². The summed E-state index contributed by atoms with van der Waals surface area (Å²) in [5.74, 6) is 0.620. The number of methoxy groups -OCH3 is 1. The van der Waals surface area contributed by atoms with Gasteiger partial charge in [-0.15, -0.1) is 0 Å². The summed E-state index contributed by atoms with van der Waals surface area (Å²) in [5.41, 5.74) is 1.58. The van der Waals surface area contributed by atoms with Gasteiger partial charge < -0.3 is 15.2 Å². The van der Waals surface area contributed by atoms with Crippen LogP contribution in [0.2, 0.25) is 10.0 Å². The van der Waals surface area contributed by atoms with Gasteiger partial charge in [-0.25, -0.2) is 4.98 Å². The first-order chi connectivity index (χ1) is 9.61. The first-order valence-electron chi connectivity index (χ1n) is 5.97. The van der Waals surface area contributed by atoms with Gasteiger partial charge in [0.15, 0.2) is 0 Å². The predicted octanol–water partition coefficient (Wildman–Crippen LogP) is 3.39. The zero-order chi connectivity index (χ0) is 14.5. The molecule has 1 aromatic carbocycles. The lowest BCUT2D eigenvalue weighted by molar-refractivity contribution is 0.390. The molecule has 2 N–H and O–H groups in total. The third-order valence-electron chi connectivity index (χ3n) is 2.78. The molecule has 1 heterocycles. The Morgan fingerprint density at radius 1 is 1.25 bits per heavy atom. The van der Waals surface area contributed by atoms with Gasteiger partial charge in [-0.05, 0) is 18.2 Å². The Bertz CT molecular complexity index is 606. The Balaban J connectivity index is 2.03. The van der Waals surface area contributed by atoms with Crippen LogP contribution in [-0.2, 0) is 13.1 Å². The number of nitrogens with zero attached hydrogens (tertiary/aromatic N) is 1. The normalized spacial score (nSPS) is 10.6. The average molecular weight is 313 g/mol. The van der Waals surface area contributed by atoms with E-state index in [0.717, 1.165) is 5.56 Å². The predicted molar refractivity (Wildman–Crippen MR) is 79.5 cm³/mol. The van der Waals surface area contributed by atoms with Gasteiger partial charge in [0.1, 0.15) is 5.75 Å². The molecule has 106 valence electrons. The summed E-state index contributed by atoms with van der Waals surface area (Å²) < 4.78 is 5.17. The molecule has 0 amide bonds. The molecule has 0 spiro atoms. The molecular weight excluding hydrogens is 299 g/mol. The summed E-state index contributed by atoms with van der Waals surface area (Å²) >= 11 is 11.8. The highest BCUT2D eigenvalue weighted by molar-refractivity contribution is 6.35. The van der Waals surface area contributed by atoms with Crippen LogP contribution in [0.25, 0.3) is 0 Å². The highest BCUT2D eigenvalue weighted by atomic mass is 35.5. The van der Waals surface area contributed by atoms with Crippen LogP contribution >= 0.6 is 23.2 Å². The van der Waals surface area contributed by atoms with Crippen molar-refractivity contribution in [2.45, 2.75) is 13.1 Å². The number of phenolic OH excluding ortho intramolecular Hbond substituents is 1. The van der Waals surface area contributed by atoms with Crippen LogP contribution in [0.1, 0.15) is 11.1 Å². The Labute approximate surface area is 127 Å². The van der Waals surface area contributed by atoms with E-state index < -0.39 is 0 Å². The van der Waals surface area contributed by atoms with Crippen molar-refractivity contribution in [1.29, 1.82) is 0 Å². The molecule has 0 aliphatic carbocycles. The molecule has 2 rings (SSSR count). The zero-order valence-corrected chi connectivity index (χ0v) is 12.4. The first-order valence-corrected chi connectivity index (χ1v) is 6.73. The minimum absolute atomic E-state index is 0.0433. The minimum atomic E-state index is 0.0433. The van der Waals surface area contributed by atoms with Crippen molar-refractivity contribution in [3.63, 3.8) is 0 Å². The van der Waals surface area contributed by atoms with Crippen molar-refractivity contribution in [2.24, 2.45) is 0 Å². The maximum atomic E-state index is 9.85. The Morgan fingerprint density at radius 2 is 2.00 bits per heavy atom. The number of phenols is 1. The standard InChI is InChI=1S/C14H14Cl2N2O2/c1-20-14-9(3-2-4-18-14)7-17-8-10-5-11(15)6-12(16)13(10)19/h2-6,17,19H,7-8H2,1H3. The molecule has 0 radical (unpaired) electrons. The molecular formula is C14H14Cl2N2O2. The summed E-state index contributed by atoms with van der Waals surface area (Å²) in [5, 5.41) is 13.8. The number of hydrogen-bond acceptors (Lipinski definition) is 4. The maximum Gasteiger partial charge on any atom is 0.217 e. The first kappa shape index (κ1) is 14.9. The van der Waals surface area contributed by atoms with Crippen molar-refractivity contribution in [3.8, 4) is 11.6 Å². The van der Waals surface area contributed by atoms with E-state index in [4.69, 9.17) is 27.9 Å². The highest BCUT2D eigenvalue weighted by Crippen LogP contribution is 2.31. The quantitative estimate of drug-likeness (QED) is 0.888. The van der Waals surface area contributed by atoms with Crippen molar-refractivity contribution in [1.82, 2.24) is 10.3 Å². The van der Waals surface area contributed by atoms with Crippen molar-refractivity contribution in [2.75, 3.05) is 7.11 Å². The van der Waals surface area contributed by atoms with E-state index >= 15 is 0 Å². The third-order valence-corrected chi connectivity index (χ3v) is 3.29. The fourth-order valence-corrected chi connectivity index (χ4v) is 2.36. The number of ether oxygens (including phenoxy) is 1. The van der Waals surface area contributed by atoms with Crippen LogP contribution in [0, 0.1) is 0 Å². The lowest BCUT2D eigenvalue weighted by atomic mass is 10.2. The third kappa shape index (κ3) is 3.54. The van der Waals surface area contributed by atoms with Crippen LogP contribution in [0.4, 0.5) is 0 Å². The van der Waals surface area contributed by atoms with Crippen LogP contribution in [0.5, 0.6) is 11.6 Å². The second kappa shape index (κ2) is 6.79. The van der Waals surface area contributed by atoms with E-state index in [9.17, 15) is 5.11 Å². The summed E-state index contributed by atoms with van der Waals surface area (Å²) in [4.78, 5) is 4.11. The van der Waals surface area contributed by atoms with E-state index in [2.05, 4.69) is 10.3 Å². The van der Waals surface area contributed by atoms with Crippen LogP contribution in [0.15, 0.2) is 30.5 Å². The molecule has 0 atom stereocenters. The lowest BCUT2D eigenvalue weighted by Crippen LogP contribution is -2.14. The van der Waals surface area contributed by atoms with Crippen molar-refractivity contribution >= 4 is 23.2 Å². The number of aromatic nitrogens is 1. The smallest absolute Gasteiger partial charge is 0.217 e. The van der Waals surface area contributed by atoms with Crippen LogP contribution < -0.4 is 10.1 Å². The van der Waals surface area contributed by atoms with E-state index in [1.54, 1.807) is 19.4 Å². The Kier molecular flexibility index (Phi) is 5.06. The summed E-state index contributed by atoms with van der Waals surface area (Å²) in [6.45, 7) is 0.991. The average Bonchev–Trinajstić information content (AvgIpc) is 2.44. The van der Waals surface area contributed by atoms with Crippen LogP contribution in [-0.4, -0.2) is 17.2 Å². The molecule has 1 aromatic heterocycles. The summed E-state index contributed by atoms with van der Waals surface area (Å²) in [6.07, 6.45) is 1.67. The lowest BCUT2D eigenvalue weighted by Gasteiger charge is -2.10. The monoisotopic (exact) mass is 312 g/mol.